The summed E-state index contributed by atoms with van der Waals surface area (Å²) in [5, 5.41) is 0.894. The number of nitrogens with zero attached hydrogens (tertiary/aromatic N) is 1. The fraction of sp³-hybridized carbons (Fsp3) is 0.176. The van der Waals surface area contributed by atoms with E-state index in [2.05, 4.69) is 0 Å². The van der Waals surface area contributed by atoms with E-state index in [1.165, 1.54) is 25.2 Å². The molecule has 1 atom stereocenters. The van der Waals surface area contributed by atoms with Crippen LogP contribution in [-0.2, 0) is 10.0 Å². The van der Waals surface area contributed by atoms with E-state index in [4.69, 9.17) is 4.42 Å². The highest BCUT2D eigenvalue weighted by atomic mass is 32.2. The van der Waals surface area contributed by atoms with E-state index in [-0.39, 0.29) is 4.90 Å². The molecule has 1 aromatic heterocycles. The summed E-state index contributed by atoms with van der Waals surface area (Å²) in [6.45, 7) is 1.70. The molecule has 0 fully saturated rings. The SMILES string of the molecule is CC(c1cc2ccccc2o1)N(C)S(=O)(=O)c1ccccc1F. The topological polar surface area (TPSA) is 50.5 Å². The van der Waals surface area contributed by atoms with Crippen molar-refractivity contribution >= 4 is 21.0 Å². The molecule has 0 aliphatic carbocycles. The summed E-state index contributed by atoms with van der Waals surface area (Å²) in [7, 11) is -2.54. The monoisotopic (exact) mass is 333 g/mol. The van der Waals surface area contributed by atoms with Crippen LogP contribution in [0.15, 0.2) is 63.9 Å². The van der Waals surface area contributed by atoms with Gasteiger partial charge >= 0.3 is 0 Å². The van der Waals surface area contributed by atoms with Gasteiger partial charge in [0, 0.05) is 12.4 Å². The lowest BCUT2D eigenvalue weighted by molar-refractivity contribution is 0.346. The molecule has 23 heavy (non-hydrogen) atoms. The molecule has 0 saturated carbocycles. The number of rotatable bonds is 4. The largest absolute Gasteiger partial charge is 0.459 e. The van der Waals surface area contributed by atoms with Gasteiger partial charge in [-0.1, -0.05) is 30.3 Å². The molecule has 0 saturated heterocycles. The van der Waals surface area contributed by atoms with Crippen molar-refractivity contribution in [3.8, 4) is 0 Å². The van der Waals surface area contributed by atoms with Crippen LogP contribution >= 0.6 is 0 Å². The van der Waals surface area contributed by atoms with Crippen molar-refractivity contribution in [2.45, 2.75) is 17.9 Å². The molecule has 0 radical (unpaired) electrons. The highest BCUT2D eigenvalue weighted by molar-refractivity contribution is 7.89. The lowest BCUT2D eigenvalue weighted by Gasteiger charge is -2.22. The minimum Gasteiger partial charge on any atom is -0.459 e. The van der Waals surface area contributed by atoms with Gasteiger partial charge in [-0.25, -0.2) is 12.8 Å². The molecule has 3 aromatic rings. The zero-order chi connectivity index (χ0) is 16.6. The van der Waals surface area contributed by atoms with Crippen molar-refractivity contribution in [3.05, 3.63) is 66.2 Å². The zero-order valence-corrected chi connectivity index (χ0v) is 13.5. The van der Waals surface area contributed by atoms with E-state index in [1.807, 2.05) is 24.3 Å². The van der Waals surface area contributed by atoms with Crippen LogP contribution in [0.25, 0.3) is 11.0 Å². The molecule has 0 aliphatic heterocycles. The summed E-state index contributed by atoms with van der Waals surface area (Å²) in [6.07, 6.45) is 0. The zero-order valence-electron chi connectivity index (χ0n) is 12.7. The summed E-state index contributed by atoms with van der Waals surface area (Å²) in [5.74, 6) is -0.259. The number of halogens is 1. The molecular formula is C17H16FNO3S. The van der Waals surface area contributed by atoms with Crippen molar-refractivity contribution in [2.75, 3.05) is 7.05 Å². The molecule has 0 N–H and O–H groups in total. The molecule has 4 nitrogen and oxygen atoms in total. The van der Waals surface area contributed by atoms with Gasteiger partial charge in [-0.3, -0.25) is 0 Å². The first kappa shape index (κ1) is 15.7. The van der Waals surface area contributed by atoms with Gasteiger partial charge in [0.2, 0.25) is 10.0 Å². The third-order valence-corrected chi connectivity index (χ3v) is 5.86. The van der Waals surface area contributed by atoms with E-state index in [0.717, 1.165) is 15.8 Å². The molecule has 120 valence electrons. The minimum atomic E-state index is -3.96. The molecular weight excluding hydrogens is 317 g/mol. The van der Waals surface area contributed by atoms with E-state index in [0.29, 0.717) is 11.3 Å². The Kier molecular flexibility index (Phi) is 3.95. The van der Waals surface area contributed by atoms with Crippen LogP contribution < -0.4 is 0 Å². The van der Waals surface area contributed by atoms with E-state index >= 15 is 0 Å². The number of para-hydroxylation sites is 1. The summed E-state index contributed by atoms with van der Waals surface area (Å²) in [4.78, 5) is -0.342. The second-order valence-corrected chi connectivity index (χ2v) is 7.28. The molecule has 2 aromatic carbocycles. The highest BCUT2D eigenvalue weighted by Crippen LogP contribution is 2.30. The van der Waals surface area contributed by atoms with Crippen LogP contribution in [0.5, 0.6) is 0 Å². The first-order chi connectivity index (χ1) is 10.9. The lowest BCUT2D eigenvalue weighted by Crippen LogP contribution is -2.30. The van der Waals surface area contributed by atoms with Crippen LogP contribution in [0.1, 0.15) is 18.7 Å². The average Bonchev–Trinajstić information content (AvgIpc) is 2.97. The van der Waals surface area contributed by atoms with Gasteiger partial charge in [0.15, 0.2) is 0 Å². The summed E-state index contributed by atoms with van der Waals surface area (Å²) in [6, 6.07) is 14.0. The van der Waals surface area contributed by atoms with Gasteiger partial charge in [0.25, 0.3) is 0 Å². The van der Waals surface area contributed by atoms with Crippen molar-refractivity contribution in [3.63, 3.8) is 0 Å². The third kappa shape index (κ3) is 2.75. The number of fused-ring (bicyclic) bond motifs is 1. The summed E-state index contributed by atoms with van der Waals surface area (Å²) in [5.41, 5.74) is 0.686. The smallest absolute Gasteiger partial charge is 0.246 e. The van der Waals surface area contributed by atoms with E-state index < -0.39 is 21.9 Å². The second-order valence-electron chi connectivity index (χ2n) is 5.31. The third-order valence-electron chi connectivity index (χ3n) is 3.90. The Balaban J connectivity index is 1.98. The predicted molar refractivity (Wildman–Crippen MR) is 86.0 cm³/mol. The molecule has 0 aliphatic rings. The molecule has 1 heterocycles. The van der Waals surface area contributed by atoms with E-state index in [1.54, 1.807) is 13.0 Å². The molecule has 0 amide bonds. The van der Waals surface area contributed by atoms with Crippen LogP contribution in [-0.4, -0.2) is 19.8 Å². The second kappa shape index (κ2) is 5.79. The Bertz CT molecular complexity index is 916. The normalized spacial score (nSPS) is 13.6. The van der Waals surface area contributed by atoms with Gasteiger partial charge in [-0.15, -0.1) is 0 Å². The van der Waals surface area contributed by atoms with E-state index in [9.17, 15) is 12.8 Å². The number of hydrogen-bond acceptors (Lipinski definition) is 3. The van der Waals surface area contributed by atoms with Gasteiger partial charge in [-0.2, -0.15) is 4.31 Å². The average molecular weight is 333 g/mol. The standard InChI is InChI=1S/C17H16FNO3S/c1-12(16-11-13-7-3-5-9-15(13)22-16)19(2)23(20,21)17-10-6-4-8-14(17)18/h3-12H,1-2H3. The number of hydrogen-bond donors (Lipinski definition) is 0. The lowest BCUT2D eigenvalue weighted by atomic mass is 10.2. The van der Waals surface area contributed by atoms with Crippen molar-refractivity contribution in [2.24, 2.45) is 0 Å². The molecule has 0 spiro atoms. The Morgan fingerprint density at radius 2 is 1.74 bits per heavy atom. The predicted octanol–water partition coefficient (Wildman–Crippen LogP) is 3.95. The fourth-order valence-electron chi connectivity index (χ4n) is 2.40. The number of benzene rings is 2. The molecule has 6 heteroatoms. The first-order valence-electron chi connectivity index (χ1n) is 7.12. The quantitative estimate of drug-likeness (QED) is 0.726. The summed E-state index contributed by atoms with van der Waals surface area (Å²) < 4.78 is 45.9. The van der Waals surface area contributed by atoms with Crippen LogP contribution in [0.2, 0.25) is 0 Å². The van der Waals surface area contributed by atoms with Crippen molar-refractivity contribution in [1.29, 1.82) is 0 Å². The molecule has 3 rings (SSSR count). The van der Waals surface area contributed by atoms with Gasteiger partial charge < -0.3 is 4.42 Å². The Hall–Kier alpha value is -2.18. The van der Waals surface area contributed by atoms with Crippen LogP contribution in [0.3, 0.4) is 0 Å². The molecule has 0 bridgehead atoms. The maximum Gasteiger partial charge on any atom is 0.246 e. The number of sulfonamides is 1. The molecule has 1 unspecified atom stereocenters. The first-order valence-corrected chi connectivity index (χ1v) is 8.56. The Morgan fingerprint density at radius 1 is 1.09 bits per heavy atom. The van der Waals surface area contributed by atoms with Crippen molar-refractivity contribution < 1.29 is 17.2 Å². The maximum atomic E-state index is 13.8. The highest BCUT2D eigenvalue weighted by Gasteiger charge is 2.30. The Labute approximate surface area is 134 Å². The fourth-order valence-corrected chi connectivity index (χ4v) is 3.80. The van der Waals surface area contributed by atoms with Gasteiger partial charge in [0.1, 0.15) is 22.1 Å². The van der Waals surface area contributed by atoms with Crippen LogP contribution in [0.4, 0.5) is 4.39 Å². The Morgan fingerprint density at radius 3 is 2.43 bits per heavy atom. The van der Waals surface area contributed by atoms with Crippen molar-refractivity contribution in [1.82, 2.24) is 4.31 Å². The van der Waals surface area contributed by atoms with Gasteiger partial charge in [-0.05, 0) is 31.2 Å². The summed E-state index contributed by atoms with van der Waals surface area (Å²) >= 11 is 0. The number of furan rings is 1. The van der Waals surface area contributed by atoms with Gasteiger partial charge in [0.05, 0.1) is 6.04 Å². The van der Waals surface area contributed by atoms with Crippen LogP contribution in [0, 0.1) is 5.82 Å². The maximum absolute atomic E-state index is 13.8. The minimum absolute atomic E-state index is 0.342.